The highest BCUT2D eigenvalue weighted by atomic mass is 16.5. The molecule has 3 N–H and O–H groups in total. The Morgan fingerprint density at radius 3 is 2.43 bits per heavy atom. The summed E-state index contributed by atoms with van der Waals surface area (Å²) >= 11 is 0. The lowest BCUT2D eigenvalue weighted by molar-refractivity contribution is 0.0996. The van der Waals surface area contributed by atoms with E-state index in [1.54, 1.807) is 24.3 Å². The Hall–Kier alpha value is -3.09. The summed E-state index contributed by atoms with van der Waals surface area (Å²) in [6, 6.07) is 8.51. The van der Waals surface area contributed by atoms with Crippen molar-refractivity contribution in [1.29, 1.82) is 0 Å². The van der Waals surface area contributed by atoms with Gasteiger partial charge in [0.25, 0.3) is 5.91 Å². The molecule has 0 radical (unpaired) electrons. The van der Waals surface area contributed by atoms with Crippen LogP contribution < -0.4 is 20.7 Å². The monoisotopic (exact) mass is 382 g/mol. The van der Waals surface area contributed by atoms with Crippen molar-refractivity contribution >= 4 is 23.2 Å². The van der Waals surface area contributed by atoms with Crippen LogP contribution >= 0.6 is 0 Å². The van der Waals surface area contributed by atoms with E-state index in [0.717, 1.165) is 31.6 Å². The lowest BCUT2D eigenvalue weighted by Gasteiger charge is -2.30. The Labute approximate surface area is 164 Å². The molecule has 1 aliphatic rings. The van der Waals surface area contributed by atoms with Gasteiger partial charge in [-0.2, -0.15) is 0 Å². The number of amides is 2. The number of primary amides is 1. The molecule has 1 aromatic carbocycles. The van der Waals surface area contributed by atoms with Gasteiger partial charge in [0.05, 0.1) is 23.0 Å². The van der Waals surface area contributed by atoms with Crippen molar-refractivity contribution < 1.29 is 14.3 Å². The van der Waals surface area contributed by atoms with Crippen molar-refractivity contribution in [2.24, 2.45) is 5.73 Å². The van der Waals surface area contributed by atoms with Crippen molar-refractivity contribution in [3.63, 3.8) is 0 Å². The minimum atomic E-state index is -0.530. The van der Waals surface area contributed by atoms with Gasteiger partial charge in [0.2, 0.25) is 11.8 Å². The van der Waals surface area contributed by atoms with Crippen LogP contribution in [0.25, 0.3) is 0 Å². The molecule has 1 aliphatic heterocycles. The number of carbonyl (C=O) groups is 2. The summed E-state index contributed by atoms with van der Waals surface area (Å²) in [6.45, 7) is 5.66. The van der Waals surface area contributed by atoms with E-state index in [0.29, 0.717) is 22.7 Å². The third-order valence-corrected chi connectivity index (χ3v) is 4.58. The van der Waals surface area contributed by atoms with Crippen LogP contribution in [0.2, 0.25) is 0 Å². The molecule has 2 amide bonds. The molecule has 0 atom stereocenters. The molecule has 1 fully saturated rings. The van der Waals surface area contributed by atoms with Gasteiger partial charge in [-0.25, -0.2) is 4.98 Å². The molecular formula is C21H26N4O3. The van der Waals surface area contributed by atoms with Crippen LogP contribution in [0.4, 0.5) is 11.4 Å². The summed E-state index contributed by atoms with van der Waals surface area (Å²) in [5.74, 6) is -0.364. The molecule has 0 unspecified atom stereocenters. The van der Waals surface area contributed by atoms with Crippen LogP contribution in [0, 0.1) is 0 Å². The van der Waals surface area contributed by atoms with Crippen LogP contribution in [0.1, 0.15) is 53.8 Å². The van der Waals surface area contributed by atoms with E-state index in [1.807, 2.05) is 19.9 Å². The summed E-state index contributed by atoms with van der Waals surface area (Å²) < 4.78 is 5.51. The Kier molecular flexibility index (Phi) is 6.13. The smallest absolute Gasteiger partial charge is 0.257 e. The number of hydrogen-bond donors (Lipinski definition) is 2. The number of rotatable bonds is 6. The number of hydrogen-bond acceptors (Lipinski definition) is 5. The summed E-state index contributed by atoms with van der Waals surface area (Å²) in [7, 11) is 0. The first-order valence-electron chi connectivity index (χ1n) is 9.57. The fourth-order valence-corrected chi connectivity index (χ4v) is 3.22. The Balaban J connectivity index is 1.83. The summed E-state index contributed by atoms with van der Waals surface area (Å²) in [5.41, 5.74) is 7.65. The van der Waals surface area contributed by atoms with Gasteiger partial charge in [-0.15, -0.1) is 0 Å². The number of anilines is 2. The van der Waals surface area contributed by atoms with E-state index < -0.39 is 5.91 Å². The number of piperidine rings is 1. The first kappa shape index (κ1) is 19.7. The largest absolute Gasteiger partial charge is 0.475 e. The summed E-state index contributed by atoms with van der Waals surface area (Å²) in [5, 5.41) is 2.91. The molecule has 7 nitrogen and oxygen atoms in total. The Morgan fingerprint density at radius 2 is 1.82 bits per heavy atom. The van der Waals surface area contributed by atoms with Crippen LogP contribution in [-0.2, 0) is 0 Å². The topological polar surface area (TPSA) is 97.5 Å². The molecular weight excluding hydrogens is 356 g/mol. The third-order valence-electron chi connectivity index (χ3n) is 4.58. The SMILES string of the molecule is CC(C)Oc1ccc(C(=O)Nc2cc(C(N)=O)ccc2N2CCCCC2)cn1. The van der Waals surface area contributed by atoms with Crippen LogP contribution in [0.3, 0.4) is 0 Å². The lowest BCUT2D eigenvalue weighted by atomic mass is 10.1. The van der Waals surface area contributed by atoms with Gasteiger partial charge >= 0.3 is 0 Å². The molecule has 1 saturated heterocycles. The van der Waals surface area contributed by atoms with E-state index in [-0.39, 0.29) is 12.0 Å². The molecule has 28 heavy (non-hydrogen) atoms. The maximum absolute atomic E-state index is 12.7. The normalized spacial score (nSPS) is 14.0. The third kappa shape index (κ3) is 4.79. The van der Waals surface area contributed by atoms with Crippen LogP contribution in [0.15, 0.2) is 36.5 Å². The number of benzene rings is 1. The van der Waals surface area contributed by atoms with Crippen molar-refractivity contribution in [3.8, 4) is 5.88 Å². The zero-order chi connectivity index (χ0) is 20.1. The van der Waals surface area contributed by atoms with Crippen LogP contribution in [-0.4, -0.2) is 36.0 Å². The average molecular weight is 382 g/mol. The van der Waals surface area contributed by atoms with Crippen molar-refractivity contribution in [2.45, 2.75) is 39.2 Å². The van der Waals surface area contributed by atoms with E-state index in [4.69, 9.17) is 10.5 Å². The molecule has 7 heteroatoms. The van der Waals surface area contributed by atoms with E-state index in [1.165, 1.54) is 12.6 Å². The molecule has 0 aliphatic carbocycles. The number of carbonyl (C=O) groups excluding carboxylic acids is 2. The van der Waals surface area contributed by atoms with Gasteiger partial charge in [0.15, 0.2) is 0 Å². The fraction of sp³-hybridized carbons (Fsp3) is 0.381. The van der Waals surface area contributed by atoms with Gasteiger partial charge in [-0.3, -0.25) is 9.59 Å². The maximum atomic E-state index is 12.7. The highest BCUT2D eigenvalue weighted by molar-refractivity contribution is 6.07. The zero-order valence-corrected chi connectivity index (χ0v) is 16.3. The van der Waals surface area contributed by atoms with Crippen molar-refractivity contribution in [2.75, 3.05) is 23.3 Å². The highest BCUT2D eigenvalue weighted by Crippen LogP contribution is 2.30. The van der Waals surface area contributed by atoms with Gasteiger partial charge < -0.3 is 20.7 Å². The second-order valence-corrected chi connectivity index (χ2v) is 7.15. The maximum Gasteiger partial charge on any atom is 0.257 e. The number of nitrogens with two attached hydrogens (primary N) is 1. The van der Waals surface area contributed by atoms with E-state index in [2.05, 4.69) is 15.2 Å². The van der Waals surface area contributed by atoms with Gasteiger partial charge in [0.1, 0.15) is 0 Å². The molecule has 0 bridgehead atoms. The molecule has 1 aromatic heterocycles. The summed E-state index contributed by atoms with van der Waals surface area (Å²) in [4.78, 5) is 30.7. The molecule has 2 heterocycles. The fourth-order valence-electron chi connectivity index (χ4n) is 3.22. The number of nitrogens with one attached hydrogen (secondary N) is 1. The van der Waals surface area contributed by atoms with Crippen molar-refractivity contribution in [3.05, 3.63) is 47.7 Å². The predicted octanol–water partition coefficient (Wildman–Crippen LogP) is 3.21. The minimum absolute atomic E-state index is 0.0100. The molecule has 148 valence electrons. The lowest BCUT2D eigenvalue weighted by Crippen LogP contribution is -2.30. The number of pyridine rings is 1. The average Bonchev–Trinajstić information content (AvgIpc) is 2.68. The molecule has 0 saturated carbocycles. The number of ether oxygens (including phenoxy) is 1. The van der Waals surface area contributed by atoms with Gasteiger partial charge in [-0.1, -0.05) is 0 Å². The molecule has 2 aromatic rings. The minimum Gasteiger partial charge on any atom is -0.475 e. The predicted molar refractivity (Wildman–Crippen MR) is 109 cm³/mol. The Morgan fingerprint density at radius 1 is 1.11 bits per heavy atom. The van der Waals surface area contributed by atoms with Crippen molar-refractivity contribution in [1.82, 2.24) is 4.98 Å². The molecule has 0 spiro atoms. The number of nitrogens with zero attached hydrogens (tertiary/aromatic N) is 2. The summed E-state index contributed by atoms with van der Waals surface area (Å²) in [6.07, 6.45) is 4.90. The molecule has 3 rings (SSSR count). The number of aromatic nitrogens is 1. The van der Waals surface area contributed by atoms with Gasteiger partial charge in [-0.05, 0) is 57.4 Å². The zero-order valence-electron chi connectivity index (χ0n) is 16.3. The first-order chi connectivity index (χ1) is 13.4. The van der Waals surface area contributed by atoms with Gasteiger partial charge in [0, 0.05) is 30.9 Å². The Bertz CT molecular complexity index is 843. The standard InChI is InChI=1S/C21H26N4O3/c1-14(2)28-19-9-7-16(13-23-19)21(27)24-17-12-15(20(22)26)6-8-18(17)25-10-4-3-5-11-25/h6-9,12-14H,3-5,10-11H2,1-2H3,(H2,22,26)(H,24,27). The quantitative estimate of drug-likeness (QED) is 0.799. The second-order valence-electron chi connectivity index (χ2n) is 7.15. The van der Waals surface area contributed by atoms with E-state index in [9.17, 15) is 9.59 Å². The second kappa shape index (κ2) is 8.73. The first-order valence-corrected chi connectivity index (χ1v) is 9.57. The van der Waals surface area contributed by atoms with Crippen LogP contribution in [0.5, 0.6) is 5.88 Å². The van der Waals surface area contributed by atoms with E-state index >= 15 is 0 Å². The highest BCUT2D eigenvalue weighted by Gasteiger charge is 2.18.